The lowest BCUT2D eigenvalue weighted by atomic mass is 10.00. The van der Waals surface area contributed by atoms with Crippen molar-refractivity contribution in [2.75, 3.05) is 19.0 Å². The normalized spacial score (nSPS) is 20.4. The second kappa shape index (κ2) is 37.4. The fourth-order valence-corrected chi connectivity index (χ4v) is 7.71. The standard InChI is InChI=1S/C47H84O12S/c1-3-5-7-9-11-13-15-17-19-20-22-24-26-28-30-32-34-36-43(49)58-40(38-57-47-46(52)45(51)44(50)41(59-47)39-60(53,54)55)37-56-42(48)35-33-31-29-27-25-23-21-18-16-14-12-10-8-6-4-2/h11,13,17,19,29,31,40-41,44-47,50-52H,3-10,12,14-16,18,20-28,30,32-39H2,1-2H3,(H,53,54,55)/b13-11+,19-17+,31-29+/t40-,41-,44-,45?,46?,47+/m1/s1. The Morgan fingerprint density at radius 3 is 1.58 bits per heavy atom. The van der Waals surface area contributed by atoms with Crippen molar-refractivity contribution in [2.45, 2.75) is 230 Å². The molecule has 0 spiro atoms. The average molecular weight is 873 g/mol. The summed E-state index contributed by atoms with van der Waals surface area (Å²) in [7, 11) is -4.61. The van der Waals surface area contributed by atoms with Crippen molar-refractivity contribution in [1.82, 2.24) is 0 Å². The number of esters is 2. The van der Waals surface area contributed by atoms with Crippen LogP contribution in [0, 0.1) is 0 Å². The third-order valence-electron chi connectivity index (χ3n) is 10.7. The molecule has 0 aliphatic carbocycles. The molecule has 0 radical (unpaired) electrons. The average Bonchev–Trinajstić information content (AvgIpc) is 3.21. The van der Waals surface area contributed by atoms with Crippen LogP contribution in [0.25, 0.3) is 0 Å². The van der Waals surface area contributed by atoms with E-state index in [-0.39, 0.29) is 19.4 Å². The molecule has 1 aliphatic heterocycles. The zero-order valence-electron chi connectivity index (χ0n) is 37.3. The second-order valence-electron chi connectivity index (χ2n) is 16.4. The van der Waals surface area contributed by atoms with E-state index >= 15 is 0 Å². The minimum atomic E-state index is -4.61. The van der Waals surface area contributed by atoms with Crippen molar-refractivity contribution in [3.63, 3.8) is 0 Å². The van der Waals surface area contributed by atoms with Crippen LogP contribution in [0.2, 0.25) is 0 Å². The molecular formula is C47H84O12S. The van der Waals surface area contributed by atoms with Crippen LogP contribution >= 0.6 is 0 Å². The molecule has 6 atom stereocenters. The predicted octanol–water partition coefficient (Wildman–Crippen LogP) is 9.78. The van der Waals surface area contributed by atoms with Crippen molar-refractivity contribution >= 4 is 22.1 Å². The van der Waals surface area contributed by atoms with Gasteiger partial charge in [-0.25, -0.2) is 0 Å². The number of rotatable bonds is 39. The summed E-state index contributed by atoms with van der Waals surface area (Å²) in [6.45, 7) is 3.70. The molecule has 0 saturated carbocycles. The Bertz CT molecular complexity index is 1250. The van der Waals surface area contributed by atoms with Crippen molar-refractivity contribution in [3.05, 3.63) is 36.5 Å². The highest BCUT2D eigenvalue weighted by Crippen LogP contribution is 2.24. The molecule has 0 bridgehead atoms. The summed E-state index contributed by atoms with van der Waals surface area (Å²) in [5.41, 5.74) is 0. The van der Waals surface area contributed by atoms with Crippen molar-refractivity contribution in [3.8, 4) is 0 Å². The molecular weight excluding hydrogens is 789 g/mol. The van der Waals surface area contributed by atoms with E-state index in [0.717, 1.165) is 57.8 Å². The number of unbranched alkanes of at least 4 members (excludes halogenated alkanes) is 21. The van der Waals surface area contributed by atoms with Gasteiger partial charge in [-0.1, -0.05) is 159 Å². The Hall–Kier alpha value is -2.13. The number of hydrogen-bond donors (Lipinski definition) is 4. The van der Waals surface area contributed by atoms with Crippen LogP contribution < -0.4 is 0 Å². The smallest absolute Gasteiger partial charge is 0.306 e. The molecule has 1 heterocycles. The van der Waals surface area contributed by atoms with Gasteiger partial charge in [0.2, 0.25) is 0 Å². The molecule has 60 heavy (non-hydrogen) atoms. The fourth-order valence-electron chi connectivity index (χ4n) is 7.02. The minimum absolute atomic E-state index is 0.135. The third-order valence-corrected chi connectivity index (χ3v) is 11.5. The predicted molar refractivity (Wildman–Crippen MR) is 238 cm³/mol. The topological polar surface area (TPSA) is 186 Å². The van der Waals surface area contributed by atoms with Crippen LogP contribution in [0.4, 0.5) is 0 Å². The van der Waals surface area contributed by atoms with Crippen LogP contribution in [-0.4, -0.2) is 96.0 Å². The van der Waals surface area contributed by atoms with Gasteiger partial charge < -0.3 is 34.3 Å². The first-order chi connectivity index (χ1) is 29.0. The van der Waals surface area contributed by atoms with E-state index in [1.165, 1.54) is 96.3 Å². The third kappa shape index (κ3) is 31.7. The molecule has 0 aromatic heterocycles. The molecule has 2 unspecified atom stereocenters. The van der Waals surface area contributed by atoms with Gasteiger partial charge >= 0.3 is 11.9 Å². The quantitative estimate of drug-likeness (QED) is 0.0199. The molecule has 0 amide bonds. The Labute approximate surface area is 363 Å². The van der Waals surface area contributed by atoms with Crippen molar-refractivity contribution in [2.24, 2.45) is 0 Å². The summed E-state index contributed by atoms with van der Waals surface area (Å²) in [6.07, 6.45) is 33.4. The summed E-state index contributed by atoms with van der Waals surface area (Å²) in [6, 6.07) is 0. The van der Waals surface area contributed by atoms with E-state index in [1.54, 1.807) is 0 Å². The van der Waals surface area contributed by atoms with Gasteiger partial charge in [0.25, 0.3) is 10.1 Å². The Balaban J connectivity index is 2.45. The monoisotopic (exact) mass is 873 g/mol. The number of aliphatic hydroxyl groups is 3. The van der Waals surface area contributed by atoms with E-state index in [9.17, 15) is 37.9 Å². The molecule has 350 valence electrons. The van der Waals surface area contributed by atoms with Gasteiger partial charge in [0.15, 0.2) is 12.4 Å². The van der Waals surface area contributed by atoms with Gasteiger partial charge in [0, 0.05) is 12.8 Å². The number of carbonyl (C=O) groups is 2. The highest BCUT2D eigenvalue weighted by molar-refractivity contribution is 7.85. The van der Waals surface area contributed by atoms with Gasteiger partial charge in [-0.15, -0.1) is 0 Å². The van der Waals surface area contributed by atoms with Crippen LogP contribution in [0.5, 0.6) is 0 Å². The lowest BCUT2D eigenvalue weighted by Crippen LogP contribution is -2.60. The fraction of sp³-hybridized carbons (Fsp3) is 0.830. The summed E-state index contributed by atoms with van der Waals surface area (Å²) in [5.74, 6) is -2.05. The summed E-state index contributed by atoms with van der Waals surface area (Å²) in [5, 5.41) is 30.9. The maximum absolute atomic E-state index is 12.8. The largest absolute Gasteiger partial charge is 0.462 e. The molecule has 1 rings (SSSR count). The minimum Gasteiger partial charge on any atom is -0.462 e. The number of carbonyl (C=O) groups excluding carboxylic acids is 2. The van der Waals surface area contributed by atoms with Crippen LogP contribution in [-0.2, 0) is 38.7 Å². The number of ether oxygens (including phenoxy) is 4. The second-order valence-corrected chi connectivity index (χ2v) is 17.9. The van der Waals surface area contributed by atoms with Gasteiger partial charge in [-0.2, -0.15) is 8.42 Å². The van der Waals surface area contributed by atoms with E-state index < -0.39 is 71.2 Å². The summed E-state index contributed by atoms with van der Waals surface area (Å²) < 4.78 is 54.0. The molecule has 1 saturated heterocycles. The maximum Gasteiger partial charge on any atom is 0.306 e. The Morgan fingerprint density at radius 1 is 0.567 bits per heavy atom. The molecule has 0 aromatic rings. The van der Waals surface area contributed by atoms with E-state index in [2.05, 4.69) is 44.2 Å². The van der Waals surface area contributed by atoms with E-state index in [1.807, 2.05) is 6.08 Å². The molecule has 1 aliphatic rings. The Kier molecular flexibility index (Phi) is 34.9. The van der Waals surface area contributed by atoms with Crippen LogP contribution in [0.3, 0.4) is 0 Å². The zero-order chi connectivity index (χ0) is 44.1. The number of aliphatic hydroxyl groups excluding tert-OH is 3. The van der Waals surface area contributed by atoms with E-state index in [4.69, 9.17) is 18.9 Å². The molecule has 4 N–H and O–H groups in total. The van der Waals surface area contributed by atoms with Crippen LogP contribution in [0.1, 0.15) is 194 Å². The SMILES string of the molecule is CCCCC/C=C/C/C=C/CCCCCCCCCC(=O)O[C@H](COC(=O)CC/C=C/CCCCCCCCCCCCC)CO[C@H]1O[C@H](CS(=O)(=O)O)[C@@H](O)C(O)C1O. The lowest BCUT2D eigenvalue weighted by Gasteiger charge is -2.40. The number of hydrogen-bond acceptors (Lipinski definition) is 11. The van der Waals surface area contributed by atoms with Crippen molar-refractivity contribution in [1.29, 1.82) is 0 Å². The molecule has 13 heteroatoms. The highest BCUT2D eigenvalue weighted by atomic mass is 32.2. The van der Waals surface area contributed by atoms with Gasteiger partial charge in [-0.3, -0.25) is 14.1 Å². The van der Waals surface area contributed by atoms with Gasteiger partial charge in [0.05, 0.1) is 6.61 Å². The van der Waals surface area contributed by atoms with Crippen LogP contribution in [0.15, 0.2) is 36.5 Å². The van der Waals surface area contributed by atoms with Crippen molar-refractivity contribution < 1.29 is 56.8 Å². The molecule has 0 aromatic carbocycles. The first-order valence-corrected chi connectivity index (χ1v) is 25.2. The zero-order valence-corrected chi connectivity index (χ0v) is 38.1. The maximum atomic E-state index is 12.8. The summed E-state index contributed by atoms with van der Waals surface area (Å²) in [4.78, 5) is 25.4. The van der Waals surface area contributed by atoms with Gasteiger partial charge in [-0.05, 0) is 57.8 Å². The number of allylic oxidation sites excluding steroid dienone is 6. The highest BCUT2D eigenvalue weighted by Gasteiger charge is 2.46. The first kappa shape index (κ1) is 55.9. The lowest BCUT2D eigenvalue weighted by molar-refractivity contribution is -0.297. The Morgan fingerprint density at radius 2 is 1.03 bits per heavy atom. The molecule has 1 fully saturated rings. The van der Waals surface area contributed by atoms with E-state index in [0.29, 0.717) is 12.8 Å². The summed E-state index contributed by atoms with van der Waals surface area (Å²) >= 11 is 0. The first-order valence-electron chi connectivity index (χ1n) is 23.5. The molecule has 12 nitrogen and oxygen atoms in total. The van der Waals surface area contributed by atoms with Gasteiger partial charge in [0.1, 0.15) is 36.8 Å².